The lowest BCUT2D eigenvalue weighted by Gasteiger charge is -2.09. The number of ether oxygens (including phenoxy) is 2. The van der Waals surface area contributed by atoms with Gasteiger partial charge in [0.1, 0.15) is 4.47 Å². The highest BCUT2D eigenvalue weighted by Crippen LogP contribution is 2.27. The highest BCUT2D eigenvalue weighted by atomic mass is 79.9. The highest BCUT2D eigenvalue weighted by molar-refractivity contribution is 9.10. The number of hydrogen-bond acceptors (Lipinski definition) is 6. The summed E-state index contributed by atoms with van der Waals surface area (Å²) < 4.78 is 10.7. The number of esters is 1. The van der Waals surface area contributed by atoms with Crippen molar-refractivity contribution in [3.63, 3.8) is 0 Å². The number of carbonyl (C=O) groups is 1. The molecule has 5 nitrogen and oxygen atoms in total. The molecule has 1 heterocycles. The average Bonchev–Trinajstić information content (AvgIpc) is 2.31. The molecule has 0 spiro atoms. The molecule has 0 fully saturated rings. The molecule has 0 unspecified atom stereocenters. The normalized spacial score (nSPS) is 10.1. The van der Waals surface area contributed by atoms with Crippen molar-refractivity contribution in [2.45, 2.75) is 19.0 Å². The zero-order chi connectivity index (χ0) is 12.8. The van der Waals surface area contributed by atoms with E-state index in [-0.39, 0.29) is 6.61 Å². The zero-order valence-electron chi connectivity index (χ0n) is 9.82. The fourth-order valence-electron chi connectivity index (χ4n) is 1.03. The molecule has 1 rings (SSSR count). The van der Waals surface area contributed by atoms with E-state index >= 15 is 0 Å². The molecular weight excluding hydrogens is 308 g/mol. The molecule has 1 aromatic rings. The Balaban J connectivity index is 2.76. The van der Waals surface area contributed by atoms with Crippen LogP contribution in [0.5, 0.6) is 5.88 Å². The molecule has 0 amide bonds. The summed E-state index contributed by atoms with van der Waals surface area (Å²) in [5.41, 5.74) is 0.767. The Kier molecular flexibility index (Phi) is 5.70. The van der Waals surface area contributed by atoms with Gasteiger partial charge in [0.15, 0.2) is 11.8 Å². The first-order valence-corrected chi connectivity index (χ1v) is 6.96. The van der Waals surface area contributed by atoms with Crippen LogP contribution in [0.2, 0.25) is 0 Å². The van der Waals surface area contributed by atoms with Gasteiger partial charge in [0, 0.05) is 0 Å². The first-order chi connectivity index (χ1) is 8.08. The summed E-state index contributed by atoms with van der Waals surface area (Å²) in [6.45, 7) is 3.76. The minimum atomic E-state index is -0.415. The summed E-state index contributed by atoms with van der Waals surface area (Å²) >= 11 is 4.73. The number of aromatic nitrogens is 2. The number of carbonyl (C=O) groups excluding carboxylic acids is 1. The lowest BCUT2D eigenvalue weighted by Crippen LogP contribution is -2.15. The Hall–Kier alpha value is -0.820. The van der Waals surface area contributed by atoms with Crippen molar-refractivity contribution < 1.29 is 14.3 Å². The van der Waals surface area contributed by atoms with E-state index in [0.29, 0.717) is 22.1 Å². The lowest BCUT2D eigenvalue weighted by molar-refractivity contribution is -0.145. The maximum atomic E-state index is 11.2. The number of nitrogens with zero attached hydrogens (tertiary/aromatic N) is 2. The average molecular weight is 321 g/mol. The van der Waals surface area contributed by atoms with Crippen LogP contribution in [0.3, 0.4) is 0 Å². The van der Waals surface area contributed by atoms with Crippen LogP contribution in [0.1, 0.15) is 12.6 Å². The van der Waals surface area contributed by atoms with Crippen LogP contribution >= 0.6 is 27.7 Å². The third-order valence-corrected chi connectivity index (χ3v) is 3.24. The van der Waals surface area contributed by atoms with E-state index in [0.717, 1.165) is 5.69 Å². The summed E-state index contributed by atoms with van der Waals surface area (Å²) in [4.78, 5) is 19.5. The fraction of sp³-hybridized carbons (Fsp3) is 0.500. The number of halogens is 1. The van der Waals surface area contributed by atoms with E-state index in [1.54, 1.807) is 6.92 Å². The van der Waals surface area contributed by atoms with Crippen molar-refractivity contribution in [2.75, 3.05) is 19.5 Å². The zero-order valence-corrected chi connectivity index (χ0v) is 12.2. The largest absolute Gasteiger partial charge is 0.465 e. The van der Waals surface area contributed by atoms with Crippen molar-refractivity contribution in [1.29, 1.82) is 0 Å². The minimum absolute atomic E-state index is 0.156. The van der Waals surface area contributed by atoms with E-state index in [4.69, 9.17) is 9.47 Å². The van der Waals surface area contributed by atoms with E-state index in [2.05, 4.69) is 25.9 Å². The SMILES string of the molecule is CCOC(=O)COc1nc(SC)nc(C)c1Br. The Labute approximate surface area is 112 Å². The summed E-state index contributed by atoms with van der Waals surface area (Å²) in [7, 11) is 0. The van der Waals surface area contributed by atoms with Crippen molar-refractivity contribution in [1.82, 2.24) is 9.97 Å². The molecule has 0 aliphatic heterocycles. The topological polar surface area (TPSA) is 61.3 Å². The van der Waals surface area contributed by atoms with E-state index < -0.39 is 5.97 Å². The molecule has 0 N–H and O–H groups in total. The van der Waals surface area contributed by atoms with Gasteiger partial charge in [0.25, 0.3) is 0 Å². The maximum Gasteiger partial charge on any atom is 0.344 e. The van der Waals surface area contributed by atoms with Gasteiger partial charge >= 0.3 is 5.97 Å². The quantitative estimate of drug-likeness (QED) is 0.471. The first-order valence-electron chi connectivity index (χ1n) is 4.95. The molecule has 0 bridgehead atoms. The van der Waals surface area contributed by atoms with Crippen molar-refractivity contribution in [2.24, 2.45) is 0 Å². The molecule has 0 saturated carbocycles. The number of hydrogen-bond donors (Lipinski definition) is 0. The molecule has 0 radical (unpaired) electrons. The highest BCUT2D eigenvalue weighted by Gasteiger charge is 2.12. The number of aryl methyl sites for hydroxylation is 1. The van der Waals surface area contributed by atoms with Gasteiger partial charge in [0.2, 0.25) is 5.88 Å². The second-order valence-corrected chi connectivity index (χ2v) is 4.57. The van der Waals surface area contributed by atoms with Gasteiger partial charge in [-0.05, 0) is 36.0 Å². The molecule has 0 aliphatic rings. The van der Waals surface area contributed by atoms with Gasteiger partial charge in [0.05, 0.1) is 12.3 Å². The van der Waals surface area contributed by atoms with E-state index in [1.807, 2.05) is 13.2 Å². The monoisotopic (exact) mass is 320 g/mol. The predicted octanol–water partition coefficient (Wildman–Crippen LogP) is 2.21. The van der Waals surface area contributed by atoms with Gasteiger partial charge in [-0.1, -0.05) is 11.8 Å². The molecule has 7 heteroatoms. The summed E-state index contributed by atoms with van der Waals surface area (Å²) in [6.07, 6.45) is 1.87. The minimum Gasteiger partial charge on any atom is -0.465 e. The predicted molar refractivity (Wildman–Crippen MR) is 68.4 cm³/mol. The van der Waals surface area contributed by atoms with Gasteiger partial charge in [-0.25, -0.2) is 9.78 Å². The van der Waals surface area contributed by atoms with Crippen LogP contribution < -0.4 is 4.74 Å². The second-order valence-electron chi connectivity index (χ2n) is 3.01. The molecule has 94 valence electrons. The van der Waals surface area contributed by atoms with Crippen molar-refractivity contribution in [3.8, 4) is 5.88 Å². The van der Waals surface area contributed by atoms with Crippen LogP contribution in [-0.2, 0) is 9.53 Å². The number of rotatable bonds is 5. The molecule has 17 heavy (non-hydrogen) atoms. The third-order valence-electron chi connectivity index (χ3n) is 1.78. The van der Waals surface area contributed by atoms with E-state index in [9.17, 15) is 4.79 Å². The first kappa shape index (κ1) is 14.2. The van der Waals surface area contributed by atoms with Gasteiger partial charge in [-0.3, -0.25) is 0 Å². The summed E-state index contributed by atoms with van der Waals surface area (Å²) in [6, 6.07) is 0. The van der Waals surface area contributed by atoms with E-state index in [1.165, 1.54) is 11.8 Å². The van der Waals surface area contributed by atoms with Crippen LogP contribution in [-0.4, -0.2) is 35.4 Å². The van der Waals surface area contributed by atoms with Gasteiger partial charge in [-0.15, -0.1) is 0 Å². The van der Waals surface area contributed by atoms with Crippen LogP contribution in [0.15, 0.2) is 9.63 Å². The van der Waals surface area contributed by atoms with Crippen molar-refractivity contribution in [3.05, 3.63) is 10.2 Å². The van der Waals surface area contributed by atoms with Gasteiger partial charge in [-0.2, -0.15) is 4.98 Å². The molecule has 1 aromatic heterocycles. The molecular formula is C10H13BrN2O3S. The standard InChI is InChI=1S/C10H13BrN2O3S/c1-4-15-7(14)5-16-9-8(11)6(2)12-10(13-9)17-3/h4-5H2,1-3H3. The Bertz CT molecular complexity index is 415. The fourth-order valence-corrected chi connectivity index (χ4v) is 1.72. The van der Waals surface area contributed by atoms with Crippen molar-refractivity contribution >= 4 is 33.7 Å². The maximum absolute atomic E-state index is 11.2. The Morgan fingerprint density at radius 1 is 1.47 bits per heavy atom. The second kappa shape index (κ2) is 6.80. The smallest absolute Gasteiger partial charge is 0.344 e. The molecule has 0 aromatic carbocycles. The molecule has 0 atom stereocenters. The molecule has 0 saturated heterocycles. The number of thioether (sulfide) groups is 1. The lowest BCUT2D eigenvalue weighted by atomic mass is 10.4. The third kappa shape index (κ3) is 4.16. The van der Waals surface area contributed by atoms with Crippen LogP contribution in [0.4, 0.5) is 0 Å². The molecule has 0 aliphatic carbocycles. The Morgan fingerprint density at radius 3 is 2.76 bits per heavy atom. The van der Waals surface area contributed by atoms with Crippen LogP contribution in [0.25, 0.3) is 0 Å². The Morgan fingerprint density at radius 2 is 2.18 bits per heavy atom. The summed E-state index contributed by atoms with van der Waals surface area (Å²) in [5, 5.41) is 0.601. The summed E-state index contributed by atoms with van der Waals surface area (Å²) in [5.74, 6) is -0.0590. The van der Waals surface area contributed by atoms with Gasteiger partial charge < -0.3 is 9.47 Å². The van der Waals surface area contributed by atoms with Crippen LogP contribution in [0, 0.1) is 6.92 Å².